The summed E-state index contributed by atoms with van der Waals surface area (Å²) in [6, 6.07) is 0.475. The van der Waals surface area contributed by atoms with Crippen LogP contribution in [0.4, 0.5) is 0 Å². The van der Waals surface area contributed by atoms with E-state index >= 15 is 0 Å². The van der Waals surface area contributed by atoms with Crippen LogP contribution in [0.2, 0.25) is 0 Å². The molecule has 2 atom stereocenters. The maximum Gasteiger partial charge on any atom is 0.209 e. The average molecular weight is 268 g/mol. The molecule has 3 rings (SSSR count). The fourth-order valence-corrected chi connectivity index (χ4v) is 4.22. The van der Waals surface area contributed by atoms with Crippen molar-refractivity contribution in [1.82, 2.24) is 20.2 Å². The van der Waals surface area contributed by atoms with Crippen molar-refractivity contribution >= 4 is 11.8 Å². The third-order valence-electron chi connectivity index (χ3n) is 4.06. The Morgan fingerprint density at radius 3 is 2.56 bits per heavy atom. The van der Waals surface area contributed by atoms with Crippen LogP contribution >= 0.6 is 11.8 Å². The Kier molecular flexibility index (Phi) is 3.84. The number of tetrazole rings is 1. The van der Waals surface area contributed by atoms with Crippen molar-refractivity contribution in [3.05, 3.63) is 0 Å². The van der Waals surface area contributed by atoms with Gasteiger partial charge < -0.3 is 5.11 Å². The molecule has 2 aliphatic carbocycles. The zero-order chi connectivity index (χ0) is 12.4. The highest BCUT2D eigenvalue weighted by Gasteiger charge is 2.28. The van der Waals surface area contributed by atoms with E-state index in [0.29, 0.717) is 6.04 Å². The van der Waals surface area contributed by atoms with Crippen LogP contribution in [0.1, 0.15) is 57.4 Å². The molecule has 5 nitrogen and oxygen atoms in total. The first-order chi connectivity index (χ1) is 8.84. The zero-order valence-electron chi connectivity index (χ0n) is 10.5. The molecule has 0 amide bonds. The lowest BCUT2D eigenvalue weighted by atomic mass is 9.97. The smallest absolute Gasteiger partial charge is 0.209 e. The molecule has 2 fully saturated rings. The Morgan fingerprint density at radius 1 is 1.06 bits per heavy atom. The number of aliphatic hydroxyl groups excluding tert-OH is 1. The SMILES string of the molecule is O[C@@H]1CCCC[C@H]1Sc1nnnn1C1CCCC1. The minimum Gasteiger partial charge on any atom is -0.392 e. The molecule has 0 radical (unpaired) electrons. The number of hydrogen-bond donors (Lipinski definition) is 1. The molecule has 1 aromatic heterocycles. The Labute approximate surface area is 111 Å². The molecule has 0 aromatic carbocycles. The molecule has 1 heterocycles. The summed E-state index contributed by atoms with van der Waals surface area (Å²) in [7, 11) is 0. The van der Waals surface area contributed by atoms with Gasteiger partial charge in [0.05, 0.1) is 12.1 Å². The number of thioether (sulfide) groups is 1. The molecule has 100 valence electrons. The van der Waals surface area contributed by atoms with E-state index in [1.54, 1.807) is 11.8 Å². The number of aliphatic hydroxyl groups is 1. The molecule has 0 aliphatic heterocycles. The topological polar surface area (TPSA) is 63.8 Å². The molecule has 6 heteroatoms. The molecule has 0 saturated heterocycles. The van der Waals surface area contributed by atoms with Crippen LogP contribution in [0, 0.1) is 0 Å². The molecule has 0 spiro atoms. The van der Waals surface area contributed by atoms with E-state index in [0.717, 1.165) is 24.4 Å². The molecule has 0 unspecified atom stereocenters. The Morgan fingerprint density at radius 2 is 1.78 bits per heavy atom. The van der Waals surface area contributed by atoms with Crippen molar-refractivity contribution in [1.29, 1.82) is 0 Å². The second-order valence-corrected chi connectivity index (χ2v) is 6.56. The lowest BCUT2D eigenvalue weighted by molar-refractivity contribution is 0.136. The van der Waals surface area contributed by atoms with Crippen molar-refractivity contribution in [3.63, 3.8) is 0 Å². The summed E-state index contributed by atoms with van der Waals surface area (Å²) in [6.45, 7) is 0. The van der Waals surface area contributed by atoms with Crippen LogP contribution < -0.4 is 0 Å². The second kappa shape index (κ2) is 5.57. The maximum absolute atomic E-state index is 10.0. The minimum absolute atomic E-state index is 0.197. The van der Waals surface area contributed by atoms with Crippen LogP contribution in [0.15, 0.2) is 5.16 Å². The summed E-state index contributed by atoms with van der Waals surface area (Å²) in [4.78, 5) is 0. The molecule has 0 bridgehead atoms. The first kappa shape index (κ1) is 12.4. The van der Waals surface area contributed by atoms with Gasteiger partial charge in [-0.15, -0.1) is 5.10 Å². The molecule has 18 heavy (non-hydrogen) atoms. The van der Waals surface area contributed by atoms with Gasteiger partial charge in [-0.2, -0.15) is 0 Å². The van der Waals surface area contributed by atoms with E-state index in [1.165, 1.54) is 32.1 Å². The number of nitrogens with zero attached hydrogens (tertiary/aromatic N) is 4. The van der Waals surface area contributed by atoms with Gasteiger partial charge in [0.25, 0.3) is 0 Å². The van der Waals surface area contributed by atoms with Crippen LogP contribution in [-0.4, -0.2) is 36.7 Å². The van der Waals surface area contributed by atoms with Gasteiger partial charge in [-0.1, -0.05) is 37.4 Å². The predicted octanol–water partition coefficient (Wildman–Crippen LogP) is 2.18. The maximum atomic E-state index is 10.0. The first-order valence-corrected chi connectivity index (χ1v) is 7.85. The lowest BCUT2D eigenvalue weighted by Crippen LogP contribution is -2.27. The van der Waals surface area contributed by atoms with E-state index < -0.39 is 0 Å². The highest BCUT2D eigenvalue weighted by Crippen LogP contribution is 2.36. The van der Waals surface area contributed by atoms with Crippen molar-refractivity contribution in [2.75, 3.05) is 0 Å². The van der Waals surface area contributed by atoms with Gasteiger partial charge in [-0.05, 0) is 36.1 Å². The zero-order valence-corrected chi connectivity index (χ0v) is 11.3. The number of rotatable bonds is 3. The Balaban J connectivity index is 1.70. The lowest BCUT2D eigenvalue weighted by Gasteiger charge is -2.26. The van der Waals surface area contributed by atoms with Gasteiger partial charge >= 0.3 is 0 Å². The normalized spacial score (nSPS) is 29.8. The van der Waals surface area contributed by atoms with E-state index in [-0.39, 0.29) is 11.4 Å². The van der Waals surface area contributed by atoms with Crippen molar-refractivity contribution in [2.24, 2.45) is 0 Å². The summed E-state index contributed by atoms with van der Waals surface area (Å²) < 4.78 is 1.99. The number of aromatic nitrogens is 4. The summed E-state index contributed by atoms with van der Waals surface area (Å²) in [5, 5.41) is 23.3. The van der Waals surface area contributed by atoms with Crippen molar-refractivity contribution in [2.45, 2.75) is 73.9 Å². The van der Waals surface area contributed by atoms with Crippen LogP contribution in [0.25, 0.3) is 0 Å². The van der Waals surface area contributed by atoms with E-state index in [4.69, 9.17) is 0 Å². The fraction of sp³-hybridized carbons (Fsp3) is 0.917. The third kappa shape index (κ3) is 2.54. The molecule has 2 aliphatic rings. The van der Waals surface area contributed by atoms with Crippen molar-refractivity contribution < 1.29 is 5.11 Å². The quantitative estimate of drug-likeness (QED) is 0.910. The molecular formula is C12H20N4OS. The monoisotopic (exact) mass is 268 g/mol. The molecule has 2 saturated carbocycles. The van der Waals surface area contributed by atoms with E-state index in [2.05, 4.69) is 15.5 Å². The third-order valence-corrected chi connectivity index (χ3v) is 5.39. The summed E-state index contributed by atoms with van der Waals surface area (Å²) in [5.74, 6) is 0. The standard InChI is InChI=1S/C12H20N4OS/c17-10-7-3-4-8-11(10)18-12-13-14-15-16(12)9-5-1-2-6-9/h9-11,17H,1-8H2/t10-,11-/m1/s1. The Bertz CT molecular complexity index is 391. The molecule has 1 N–H and O–H groups in total. The minimum atomic E-state index is -0.197. The fourth-order valence-electron chi connectivity index (χ4n) is 2.99. The van der Waals surface area contributed by atoms with Crippen molar-refractivity contribution in [3.8, 4) is 0 Å². The van der Waals surface area contributed by atoms with Gasteiger partial charge in [-0.25, -0.2) is 4.68 Å². The van der Waals surface area contributed by atoms with E-state index in [1.807, 2.05) is 4.68 Å². The summed E-state index contributed by atoms with van der Waals surface area (Å²) in [5.41, 5.74) is 0. The molecular weight excluding hydrogens is 248 g/mol. The predicted molar refractivity (Wildman–Crippen MR) is 69.4 cm³/mol. The van der Waals surface area contributed by atoms with Gasteiger partial charge in [0.15, 0.2) is 0 Å². The molecule has 1 aromatic rings. The van der Waals surface area contributed by atoms with Crippen LogP contribution in [-0.2, 0) is 0 Å². The van der Waals surface area contributed by atoms with Gasteiger partial charge in [0.2, 0.25) is 5.16 Å². The average Bonchev–Trinajstić information content (AvgIpc) is 3.02. The second-order valence-electron chi connectivity index (χ2n) is 5.35. The largest absolute Gasteiger partial charge is 0.392 e. The van der Waals surface area contributed by atoms with E-state index in [9.17, 15) is 5.11 Å². The first-order valence-electron chi connectivity index (χ1n) is 6.97. The van der Waals surface area contributed by atoms with Crippen LogP contribution in [0.5, 0.6) is 0 Å². The summed E-state index contributed by atoms with van der Waals surface area (Å²) >= 11 is 1.67. The Hall–Kier alpha value is -0.620. The number of hydrogen-bond acceptors (Lipinski definition) is 5. The van der Waals surface area contributed by atoms with Gasteiger partial charge in [-0.3, -0.25) is 0 Å². The highest BCUT2D eigenvalue weighted by molar-refractivity contribution is 7.99. The summed E-state index contributed by atoms with van der Waals surface area (Å²) in [6.07, 6.45) is 9.08. The van der Waals surface area contributed by atoms with Gasteiger partial charge in [0, 0.05) is 5.25 Å². The highest BCUT2D eigenvalue weighted by atomic mass is 32.2. The van der Waals surface area contributed by atoms with Gasteiger partial charge in [0.1, 0.15) is 0 Å². The van der Waals surface area contributed by atoms with Crippen LogP contribution in [0.3, 0.4) is 0 Å².